The van der Waals surface area contributed by atoms with Crippen LogP contribution in [-0.4, -0.2) is 46.1 Å². The van der Waals surface area contributed by atoms with E-state index in [4.69, 9.17) is 9.84 Å². The van der Waals surface area contributed by atoms with Gasteiger partial charge in [-0.3, -0.25) is 4.79 Å². The van der Waals surface area contributed by atoms with Crippen molar-refractivity contribution < 1.29 is 9.53 Å². The number of piperidine rings is 1. The Morgan fingerprint density at radius 3 is 2.75 bits per heavy atom. The lowest BCUT2D eigenvalue weighted by Gasteiger charge is -2.32. The maximum atomic E-state index is 13.1. The van der Waals surface area contributed by atoms with Gasteiger partial charge in [-0.2, -0.15) is 10.2 Å². The van der Waals surface area contributed by atoms with Crippen LogP contribution in [0.25, 0.3) is 16.6 Å². The Morgan fingerprint density at radius 1 is 1.11 bits per heavy atom. The average Bonchev–Trinajstić information content (AvgIpc) is 3.26. The van der Waals surface area contributed by atoms with E-state index in [0.717, 1.165) is 64.5 Å². The third kappa shape index (κ3) is 4.51. The molecule has 0 radical (unpaired) electrons. The number of carbonyl (C=O) groups excluding carboxylic acids is 1. The van der Waals surface area contributed by atoms with Crippen molar-refractivity contribution in [3.05, 3.63) is 71.0 Å². The zero-order valence-electron chi connectivity index (χ0n) is 21.3. The molecule has 1 unspecified atom stereocenters. The molecule has 8 nitrogen and oxygen atoms in total. The quantitative estimate of drug-likeness (QED) is 0.440. The molecule has 1 amide bonds. The minimum absolute atomic E-state index is 0.0809. The number of ether oxygens (including phenoxy) is 1. The summed E-state index contributed by atoms with van der Waals surface area (Å²) in [5.74, 6) is 1.48. The molecule has 186 valence electrons. The van der Waals surface area contributed by atoms with Crippen molar-refractivity contribution >= 4 is 22.6 Å². The second kappa shape index (κ2) is 9.97. The van der Waals surface area contributed by atoms with E-state index in [-0.39, 0.29) is 11.8 Å². The Labute approximate surface area is 211 Å². The van der Waals surface area contributed by atoms with Crippen molar-refractivity contribution in [1.82, 2.24) is 25.3 Å². The van der Waals surface area contributed by atoms with Gasteiger partial charge in [0.1, 0.15) is 11.3 Å². The fourth-order valence-corrected chi connectivity index (χ4v) is 5.04. The first-order chi connectivity index (χ1) is 17.5. The molecule has 2 aromatic carbocycles. The average molecular weight is 485 g/mol. The number of hydrogen-bond acceptors (Lipinski definition) is 6. The van der Waals surface area contributed by atoms with Crippen LogP contribution in [0.3, 0.4) is 0 Å². The van der Waals surface area contributed by atoms with Gasteiger partial charge in [0.05, 0.1) is 35.5 Å². The van der Waals surface area contributed by atoms with E-state index in [9.17, 15) is 4.79 Å². The van der Waals surface area contributed by atoms with Crippen LogP contribution >= 0.6 is 0 Å². The second-order valence-corrected chi connectivity index (χ2v) is 9.46. The van der Waals surface area contributed by atoms with Crippen molar-refractivity contribution in [1.29, 1.82) is 0 Å². The molecule has 1 atom stereocenters. The van der Waals surface area contributed by atoms with E-state index < -0.39 is 0 Å². The molecule has 0 aliphatic carbocycles. The molecule has 5 rings (SSSR count). The van der Waals surface area contributed by atoms with Crippen molar-refractivity contribution in [3.8, 4) is 11.4 Å². The molecular weight excluding hydrogens is 452 g/mol. The third-order valence-corrected chi connectivity index (χ3v) is 7.09. The highest BCUT2D eigenvalue weighted by Crippen LogP contribution is 2.32. The Kier molecular flexibility index (Phi) is 6.59. The van der Waals surface area contributed by atoms with Gasteiger partial charge in [-0.1, -0.05) is 30.3 Å². The maximum Gasteiger partial charge on any atom is 0.225 e. The van der Waals surface area contributed by atoms with Gasteiger partial charge >= 0.3 is 0 Å². The molecule has 1 aliphatic rings. The van der Waals surface area contributed by atoms with E-state index in [2.05, 4.69) is 39.5 Å². The molecule has 0 bridgehead atoms. The van der Waals surface area contributed by atoms with Crippen LogP contribution < -0.4 is 15.0 Å². The molecule has 1 saturated heterocycles. The number of nitrogens with zero attached hydrogens (tertiary/aromatic N) is 5. The van der Waals surface area contributed by atoms with E-state index in [1.165, 1.54) is 5.56 Å². The van der Waals surface area contributed by atoms with Gasteiger partial charge in [-0.15, -0.1) is 5.10 Å². The number of rotatable bonds is 6. The van der Waals surface area contributed by atoms with E-state index in [0.29, 0.717) is 13.1 Å². The number of nitrogens with one attached hydrogen (secondary N) is 1. The summed E-state index contributed by atoms with van der Waals surface area (Å²) in [7, 11) is 1.66. The minimum Gasteiger partial charge on any atom is -0.497 e. The summed E-state index contributed by atoms with van der Waals surface area (Å²) in [6, 6.07) is 16.0. The zero-order chi connectivity index (χ0) is 25.2. The van der Waals surface area contributed by atoms with Crippen LogP contribution in [0.15, 0.2) is 48.5 Å². The predicted octanol–water partition coefficient (Wildman–Crippen LogP) is 4.28. The highest BCUT2D eigenvalue weighted by molar-refractivity contribution is 5.92. The van der Waals surface area contributed by atoms with Crippen LogP contribution in [0.2, 0.25) is 0 Å². The number of aryl methyl sites for hydroxylation is 3. The highest BCUT2D eigenvalue weighted by atomic mass is 16.5. The first-order valence-electron chi connectivity index (χ1n) is 12.4. The monoisotopic (exact) mass is 484 g/mol. The van der Waals surface area contributed by atoms with Gasteiger partial charge in [-0.05, 0) is 56.9 Å². The molecule has 1 aliphatic heterocycles. The van der Waals surface area contributed by atoms with Gasteiger partial charge in [-0.25, -0.2) is 4.68 Å². The topological polar surface area (TPSA) is 85.2 Å². The van der Waals surface area contributed by atoms with Gasteiger partial charge in [0.15, 0.2) is 5.82 Å². The third-order valence-electron chi connectivity index (χ3n) is 7.09. The number of amides is 1. The first-order valence-corrected chi connectivity index (χ1v) is 12.4. The number of carbonyl (C=O) groups is 1. The van der Waals surface area contributed by atoms with E-state index in [1.807, 2.05) is 54.9 Å². The Morgan fingerprint density at radius 2 is 1.94 bits per heavy atom. The van der Waals surface area contributed by atoms with Crippen molar-refractivity contribution in [2.75, 3.05) is 25.1 Å². The van der Waals surface area contributed by atoms with Crippen LogP contribution in [-0.2, 0) is 11.3 Å². The lowest BCUT2D eigenvalue weighted by atomic mass is 9.96. The van der Waals surface area contributed by atoms with Crippen molar-refractivity contribution in [3.63, 3.8) is 0 Å². The number of benzene rings is 2. The van der Waals surface area contributed by atoms with Crippen LogP contribution in [0.5, 0.6) is 5.75 Å². The number of methoxy groups -OCH3 is 1. The zero-order valence-corrected chi connectivity index (χ0v) is 21.3. The molecule has 0 spiro atoms. The molecule has 3 heterocycles. The normalized spacial score (nSPS) is 15.8. The minimum atomic E-state index is -0.109. The highest BCUT2D eigenvalue weighted by Gasteiger charge is 2.29. The predicted molar refractivity (Wildman–Crippen MR) is 141 cm³/mol. The molecule has 8 heteroatoms. The number of fused-ring (bicyclic) bond motifs is 1. The van der Waals surface area contributed by atoms with Gasteiger partial charge in [0.2, 0.25) is 5.91 Å². The summed E-state index contributed by atoms with van der Waals surface area (Å²) in [5.41, 5.74) is 5.89. The lowest BCUT2D eigenvalue weighted by molar-refractivity contribution is -0.125. The molecule has 1 fully saturated rings. The maximum absolute atomic E-state index is 13.1. The summed E-state index contributed by atoms with van der Waals surface area (Å²) in [5, 5.41) is 18.1. The standard InChI is InChI=1S/C28H32N6O2/c1-18-9-5-6-10-21(18)16-29-28(35)22-11-8-14-33(17-22)27-26-25(19(2)30-31-27)20(3)34(32-26)23-12-7-13-24(15-23)36-4/h5-7,9-10,12-13,15,22H,8,11,14,16-17H2,1-4H3,(H,29,35). The summed E-state index contributed by atoms with van der Waals surface area (Å²) in [4.78, 5) is 15.2. The first kappa shape index (κ1) is 23.8. The van der Waals surface area contributed by atoms with Crippen LogP contribution in [0, 0.1) is 26.7 Å². The summed E-state index contributed by atoms with van der Waals surface area (Å²) >= 11 is 0. The number of aromatic nitrogens is 4. The molecule has 4 aromatic rings. The SMILES string of the molecule is COc1cccc(-n2nc3c(N4CCCC(C(=O)NCc5ccccc5C)C4)nnc(C)c3c2C)c1. The van der Waals surface area contributed by atoms with Crippen molar-refractivity contribution in [2.24, 2.45) is 5.92 Å². The number of anilines is 1. The molecule has 0 saturated carbocycles. The van der Waals surface area contributed by atoms with Gasteiger partial charge < -0.3 is 15.0 Å². The second-order valence-electron chi connectivity index (χ2n) is 9.46. The van der Waals surface area contributed by atoms with Gasteiger partial charge in [0, 0.05) is 25.7 Å². The molecule has 36 heavy (non-hydrogen) atoms. The smallest absolute Gasteiger partial charge is 0.225 e. The Hall–Kier alpha value is -3.94. The van der Waals surface area contributed by atoms with Crippen molar-refractivity contribution in [2.45, 2.75) is 40.2 Å². The fourth-order valence-electron chi connectivity index (χ4n) is 5.04. The lowest BCUT2D eigenvalue weighted by Crippen LogP contribution is -2.43. The largest absolute Gasteiger partial charge is 0.497 e. The molecule has 1 N–H and O–H groups in total. The molecular formula is C28H32N6O2. The number of hydrogen-bond donors (Lipinski definition) is 1. The molecule has 2 aromatic heterocycles. The summed E-state index contributed by atoms with van der Waals surface area (Å²) in [6.45, 7) is 8.03. The Bertz CT molecular complexity index is 1410. The fraction of sp³-hybridized carbons (Fsp3) is 0.357. The van der Waals surface area contributed by atoms with Gasteiger partial charge in [0.25, 0.3) is 0 Å². The Balaban J connectivity index is 1.41. The van der Waals surface area contributed by atoms with E-state index >= 15 is 0 Å². The van der Waals surface area contributed by atoms with Crippen LogP contribution in [0.1, 0.15) is 35.4 Å². The summed E-state index contributed by atoms with van der Waals surface area (Å²) < 4.78 is 7.33. The summed E-state index contributed by atoms with van der Waals surface area (Å²) in [6.07, 6.45) is 1.77. The van der Waals surface area contributed by atoms with Crippen LogP contribution in [0.4, 0.5) is 5.82 Å². The van der Waals surface area contributed by atoms with E-state index in [1.54, 1.807) is 7.11 Å².